The van der Waals surface area contributed by atoms with Crippen LogP contribution in [0.2, 0.25) is 5.02 Å². The number of benzene rings is 3. The van der Waals surface area contributed by atoms with E-state index in [1.165, 1.54) is 18.2 Å². The number of para-hydroxylation sites is 1. The number of fused-ring (bicyclic) bond motifs is 1. The molecule has 0 bridgehead atoms. The van der Waals surface area contributed by atoms with Gasteiger partial charge in [-0.15, -0.1) is 0 Å². The van der Waals surface area contributed by atoms with Crippen LogP contribution in [0.25, 0.3) is 11.0 Å². The molecule has 0 radical (unpaired) electrons. The monoisotopic (exact) mass is 417 g/mol. The molecule has 5 nitrogen and oxygen atoms in total. The van der Waals surface area contributed by atoms with Crippen molar-refractivity contribution >= 4 is 39.9 Å². The van der Waals surface area contributed by atoms with Crippen molar-refractivity contribution in [1.29, 1.82) is 0 Å². The predicted octanol–water partition coefficient (Wildman–Crippen LogP) is 5.24. The molecule has 30 heavy (non-hydrogen) atoms. The average Bonchev–Trinajstić information content (AvgIpc) is 2.75. The lowest BCUT2D eigenvalue weighted by molar-refractivity contribution is 0.102. The normalized spacial score (nSPS) is 10.7. The van der Waals surface area contributed by atoms with Gasteiger partial charge in [0.05, 0.1) is 5.69 Å². The second kappa shape index (κ2) is 7.97. The van der Waals surface area contributed by atoms with Crippen LogP contribution in [-0.2, 0) is 0 Å². The van der Waals surface area contributed by atoms with Gasteiger partial charge in [0, 0.05) is 21.5 Å². The van der Waals surface area contributed by atoms with Gasteiger partial charge in [-0.1, -0.05) is 60.1 Å². The molecular weight excluding hydrogens is 402 g/mol. The summed E-state index contributed by atoms with van der Waals surface area (Å²) in [6.07, 6.45) is 0. The van der Waals surface area contributed by atoms with Crippen LogP contribution in [-0.4, -0.2) is 11.7 Å². The van der Waals surface area contributed by atoms with Gasteiger partial charge in [0.2, 0.25) is 0 Å². The Morgan fingerprint density at radius 3 is 2.43 bits per heavy atom. The molecule has 6 heteroatoms. The number of hydrogen-bond donors (Lipinski definition) is 1. The highest BCUT2D eigenvalue weighted by atomic mass is 35.5. The van der Waals surface area contributed by atoms with Gasteiger partial charge in [-0.2, -0.15) is 0 Å². The first kappa shape index (κ1) is 19.6. The van der Waals surface area contributed by atoms with Crippen LogP contribution in [0.15, 0.2) is 82.0 Å². The van der Waals surface area contributed by atoms with E-state index in [-0.39, 0.29) is 22.6 Å². The number of nitrogens with one attached hydrogen (secondary N) is 1. The molecule has 0 unspecified atom stereocenters. The molecule has 4 rings (SSSR count). The molecule has 3 aromatic carbocycles. The van der Waals surface area contributed by atoms with Crippen molar-refractivity contribution < 1.29 is 14.0 Å². The van der Waals surface area contributed by atoms with Gasteiger partial charge in [0.15, 0.2) is 5.78 Å². The Bertz CT molecular complexity index is 1340. The molecule has 0 aliphatic rings. The Labute approximate surface area is 176 Å². The lowest BCUT2D eigenvalue weighted by Crippen LogP contribution is -2.22. The summed E-state index contributed by atoms with van der Waals surface area (Å²) in [6.45, 7) is 1.82. The van der Waals surface area contributed by atoms with Gasteiger partial charge in [0.25, 0.3) is 5.91 Å². The van der Waals surface area contributed by atoms with Crippen molar-refractivity contribution in [1.82, 2.24) is 0 Å². The first-order chi connectivity index (χ1) is 14.4. The summed E-state index contributed by atoms with van der Waals surface area (Å²) in [4.78, 5) is 38.2. The smallest absolute Gasteiger partial charge is 0.349 e. The van der Waals surface area contributed by atoms with Crippen LogP contribution in [0, 0.1) is 6.92 Å². The minimum Gasteiger partial charge on any atom is -0.422 e. The van der Waals surface area contributed by atoms with Crippen LogP contribution in [0.3, 0.4) is 0 Å². The molecule has 0 saturated carbocycles. The second-order valence-corrected chi connectivity index (χ2v) is 7.22. The average molecular weight is 418 g/mol. The number of anilines is 1. The predicted molar refractivity (Wildman–Crippen MR) is 117 cm³/mol. The van der Waals surface area contributed by atoms with E-state index in [1.807, 2.05) is 19.1 Å². The molecule has 0 spiro atoms. The molecular formula is C24H16ClNO4. The second-order valence-electron chi connectivity index (χ2n) is 6.78. The largest absolute Gasteiger partial charge is 0.422 e. The van der Waals surface area contributed by atoms with E-state index < -0.39 is 11.5 Å². The Kier molecular flexibility index (Phi) is 5.21. The Balaban J connectivity index is 1.72. The molecule has 4 aromatic rings. The van der Waals surface area contributed by atoms with Crippen molar-refractivity contribution in [3.63, 3.8) is 0 Å². The minimum atomic E-state index is -0.751. The van der Waals surface area contributed by atoms with E-state index in [0.717, 1.165) is 5.56 Å². The quantitative estimate of drug-likeness (QED) is 0.364. The molecule has 0 aliphatic carbocycles. The Morgan fingerprint density at radius 1 is 0.900 bits per heavy atom. The first-order valence-electron chi connectivity index (χ1n) is 9.18. The maximum absolute atomic E-state index is 12.9. The van der Waals surface area contributed by atoms with Gasteiger partial charge in [-0.25, -0.2) is 4.79 Å². The number of carbonyl (C=O) groups excluding carboxylic acids is 2. The molecule has 1 amide bonds. The highest BCUT2D eigenvalue weighted by Crippen LogP contribution is 2.25. The topological polar surface area (TPSA) is 76.4 Å². The standard InChI is InChI=1S/C24H16ClNO4/c1-14-6-5-9-16-12-19(24(29)30-22(14)16)23(28)26-20-11-10-17(25)13-18(20)21(27)15-7-3-2-4-8-15/h2-13H,1H3,(H,26,28). The molecule has 148 valence electrons. The SMILES string of the molecule is Cc1cccc2cc(C(=O)Nc3ccc(Cl)cc3C(=O)c3ccccc3)c(=O)oc12. The maximum atomic E-state index is 12.9. The third-order valence-corrected chi connectivity index (χ3v) is 4.95. The van der Waals surface area contributed by atoms with E-state index in [4.69, 9.17) is 16.0 Å². The zero-order chi connectivity index (χ0) is 21.3. The number of halogens is 1. The van der Waals surface area contributed by atoms with Crippen LogP contribution in [0.4, 0.5) is 5.69 Å². The maximum Gasteiger partial charge on any atom is 0.349 e. The van der Waals surface area contributed by atoms with E-state index in [2.05, 4.69) is 5.32 Å². The highest BCUT2D eigenvalue weighted by Gasteiger charge is 2.19. The van der Waals surface area contributed by atoms with Crippen molar-refractivity contribution in [3.05, 3.63) is 110 Å². The number of amides is 1. The zero-order valence-corrected chi connectivity index (χ0v) is 16.7. The lowest BCUT2D eigenvalue weighted by Gasteiger charge is -2.11. The molecule has 1 N–H and O–H groups in total. The minimum absolute atomic E-state index is 0.152. The van der Waals surface area contributed by atoms with E-state index in [1.54, 1.807) is 42.5 Å². The van der Waals surface area contributed by atoms with Crippen LogP contribution < -0.4 is 10.9 Å². The molecule has 0 saturated heterocycles. The van der Waals surface area contributed by atoms with E-state index in [9.17, 15) is 14.4 Å². The summed E-state index contributed by atoms with van der Waals surface area (Å²) in [6, 6.07) is 20.1. The van der Waals surface area contributed by atoms with Gasteiger partial charge in [-0.3, -0.25) is 9.59 Å². The molecule has 0 aliphatic heterocycles. The molecule has 0 fully saturated rings. The molecule has 1 aromatic heterocycles. The summed E-state index contributed by atoms with van der Waals surface area (Å²) >= 11 is 6.08. The van der Waals surface area contributed by atoms with Gasteiger partial charge in [-0.05, 0) is 36.8 Å². The van der Waals surface area contributed by atoms with Gasteiger partial charge in [0.1, 0.15) is 11.1 Å². The fourth-order valence-electron chi connectivity index (χ4n) is 3.20. The number of hydrogen-bond acceptors (Lipinski definition) is 4. The van der Waals surface area contributed by atoms with Crippen LogP contribution in [0.5, 0.6) is 0 Å². The molecule has 0 atom stereocenters. The van der Waals surface area contributed by atoms with Gasteiger partial charge >= 0.3 is 5.63 Å². The van der Waals surface area contributed by atoms with Crippen molar-refractivity contribution in [2.24, 2.45) is 0 Å². The summed E-state index contributed by atoms with van der Waals surface area (Å²) in [5, 5.41) is 3.64. The summed E-state index contributed by atoms with van der Waals surface area (Å²) in [5.74, 6) is -0.967. The Hall–Kier alpha value is -3.70. The fourth-order valence-corrected chi connectivity index (χ4v) is 3.37. The number of carbonyl (C=O) groups is 2. The van der Waals surface area contributed by atoms with Crippen molar-refractivity contribution in [2.75, 3.05) is 5.32 Å². The lowest BCUT2D eigenvalue weighted by atomic mass is 10.0. The Morgan fingerprint density at radius 2 is 1.67 bits per heavy atom. The van der Waals surface area contributed by atoms with Crippen LogP contribution >= 0.6 is 11.6 Å². The summed E-state index contributed by atoms with van der Waals surface area (Å²) in [5.41, 5.74) is 1.26. The number of ketones is 1. The summed E-state index contributed by atoms with van der Waals surface area (Å²) < 4.78 is 5.34. The zero-order valence-electron chi connectivity index (χ0n) is 15.9. The van der Waals surface area contributed by atoms with Crippen molar-refractivity contribution in [2.45, 2.75) is 6.92 Å². The number of rotatable bonds is 4. The van der Waals surface area contributed by atoms with Gasteiger partial charge < -0.3 is 9.73 Å². The highest BCUT2D eigenvalue weighted by molar-refractivity contribution is 6.31. The van der Waals surface area contributed by atoms with Crippen LogP contribution in [0.1, 0.15) is 31.8 Å². The van der Waals surface area contributed by atoms with Crippen molar-refractivity contribution in [3.8, 4) is 0 Å². The third kappa shape index (κ3) is 3.75. The van der Waals surface area contributed by atoms with E-state index in [0.29, 0.717) is 21.6 Å². The fraction of sp³-hybridized carbons (Fsp3) is 0.0417. The summed E-state index contributed by atoms with van der Waals surface area (Å²) in [7, 11) is 0. The first-order valence-corrected chi connectivity index (χ1v) is 9.56. The molecule has 1 heterocycles. The number of aryl methyl sites for hydroxylation is 1. The third-order valence-electron chi connectivity index (χ3n) is 4.71. The van der Waals surface area contributed by atoms with E-state index >= 15 is 0 Å².